The molecule has 24 heavy (non-hydrogen) atoms. The van der Waals surface area contributed by atoms with E-state index in [-0.39, 0.29) is 18.5 Å². The lowest BCUT2D eigenvalue weighted by atomic mass is 9.82. The van der Waals surface area contributed by atoms with Crippen LogP contribution < -0.4 is 4.74 Å². The fraction of sp³-hybridized carbons (Fsp3) is 0.450. The number of ether oxygens (including phenoxy) is 3. The van der Waals surface area contributed by atoms with Crippen molar-refractivity contribution in [1.82, 2.24) is 0 Å². The normalized spacial score (nSPS) is 17.3. The molecule has 1 atom stereocenters. The van der Waals surface area contributed by atoms with Gasteiger partial charge in [-0.05, 0) is 38.0 Å². The summed E-state index contributed by atoms with van der Waals surface area (Å²) in [6.45, 7) is 4.02. The number of ketones is 1. The number of carbonyl (C=O) groups is 1. The number of benzene rings is 1. The van der Waals surface area contributed by atoms with Crippen molar-refractivity contribution in [1.29, 1.82) is 0 Å². The number of rotatable bonds is 6. The summed E-state index contributed by atoms with van der Waals surface area (Å²) in [5, 5.41) is 0. The van der Waals surface area contributed by atoms with Gasteiger partial charge in [0.25, 0.3) is 0 Å². The van der Waals surface area contributed by atoms with Gasteiger partial charge in [-0.25, -0.2) is 0 Å². The lowest BCUT2D eigenvalue weighted by Gasteiger charge is -2.27. The molecule has 1 aliphatic rings. The Morgan fingerprint density at radius 3 is 2.71 bits per heavy atom. The summed E-state index contributed by atoms with van der Waals surface area (Å²) < 4.78 is 16.4. The molecule has 0 heterocycles. The molecule has 4 heteroatoms. The highest BCUT2D eigenvalue weighted by Gasteiger charge is 2.31. The summed E-state index contributed by atoms with van der Waals surface area (Å²) in [5.41, 5.74) is 2.22. The van der Waals surface area contributed by atoms with E-state index in [4.69, 9.17) is 14.2 Å². The summed E-state index contributed by atoms with van der Waals surface area (Å²) in [7, 11) is 3.17. The topological polar surface area (TPSA) is 44.8 Å². The number of Topliss-reactive ketones (excluding diaryl/α,β-unsaturated/α-hetero) is 1. The second-order valence-electron chi connectivity index (χ2n) is 5.65. The highest BCUT2D eigenvalue weighted by atomic mass is 16.7. The fourth-order valence-electron chi connectivity index (χ4n) is 3.01. The maximum absolute atomic E-state index is 12.6. The van der Waals surface area contributed by atoms with Crippen molar-refractivity contribution in [2.24, 2.45) is 5.92 Å². The van der Waals surface area contributed by atoms with Crippen LogP contribution in [0.4, 0.5) is 0 Å². The predicted molar refractivity (Wildman–Crippen MR) is 93.4 cm³/mol. The van der Waals surface area contributed by atoms with Crippen molar-refractivity contribution in [2.75, 3.05) is 21.0 Å². The Balaban J connectivity index is 2.59. The molecule has 0 aliphatic heterocycles. The highest BCUT2D eigenvalue weighted by molar-refractivity contribution is 6.22. The molecule has 0 N–H and O–H groups in total. The predicted octanol–water partition coefficient (Wildman–Crippen LogP) is 3.79. The van der Waals surface area contributed by atoms with Gasteiger partial charge in [0.2, 0.25) is 0 Å². The van der Waals surface area contributed by atoms with Crippen molar-refractivity contribution in [2.45, 2.75) is 33.1 Å². The van der Waals surface area contributed by atoms with Crippen LogP contribution >= 0.6 is 0 Å². The van der Waals surface area contributed by atoms with Gasteiger partial charge in [-0.1, -0.05) is 12.8 Å². The lowest BCUT2D eigenvalue weighted by Crippen LogP contribution is -2.21. The van der Waals surface area contributed by atoms with Crippen molar-refractivity contribution in [3.05, 3.63) is 35.1 Å². The van der Waals surface area contributed by atoms with E-state index in [1.54, 1.807) is 21.1 Å². The first-order valence-corrected chi connectivity index (χ1v) is 8.16. The Morgan fingerprint density at radius 2 is 2.08 bits per heavy atom. The van der Waals surface area contributed by atoms with Gasteiger partial charge in [-0.15, -0.1) is 5.92 Å². The molecule has 0 aromatic heterocycles. The van der Waals surface area contributed by atoms with Crippen LogP contribution in [0.25, 0.3) is 5.57 Å². The van der Waals surface area contributed by atoms with Gasteiger partial charge in [0.1, 0.15) is 11.5 Å². The Kier molecular flexibility index (Phi) is 6.45. The van der Waals surface area contributed by atoms with Gasteiger partial charge < -0.3 is 14.2 Å². The first-order valence-electron chi connectivity index (χ1n) is 8.16. The molecule has 1 aromatic carbocycles. The van der Waals surface area contributed by atoms with Gasteiger partial charge in [-0.3, -0.25) is 4.79 Å². The second kappa shape index (κ2) is 8.56. The molecule has 1 aliphatic carbocycles. The first kappa shape index (κ1) is 18.1. The van der Waals surface area contributed by atoms with Crippen LogP contribution in [0, 0.1) is 17.8 Å². The van der Waals surface area contributed by atoms with Gasteiger partial charge in [0.05, 0.1) is 12.7 Å². The molecule has 0 bridgehead atoms. The van der Waals surface area contributed by atoms with E-state index in [1.807, 2.05) is 18.2 Å². The summed E-state index contributed by atoms with van der Waals surface area (Å²) in [6, 6.07) is 5.65. The molecular weight excluding hydrogens is 304 g/mol. The third-order valence-corrected chi connectivity index (χ3v) is 4.18. The Labute approximate surface area is 143 Å². The third kappa shape index (κ3) is 3.80. The maximum atomic E-state index is 12.6. The van der Waals surface area contributed by atoms with Crippen LogP contribution in [0.5, 0.6) is 5.75 Å². The molecule has 1 unspecified atom stereocenters. The minimum absolute atomic E-state index is 0.0819. The summed E-state index contributed by atoms with van der Waals surface area (Å²) >= 11 is 0. The minimum atomic E-state index is 0.0819. The van der Waals surface area contributed by atoms with Gasteiger partial charge in [0, 0.05) is 30.6 Å². The SMILES string of the molecule is CC#Cc1ccc(C2=C(OCOC)C(CC)CCC2=O)c(OC)c1. The average molecular weight is 328 g/mol. The Hall–Kier alpha value is -2.25. The van der Waals surface area contributed by atoms with Crippen LogP contribution in [-0.2, 0) is 14.3 Å². The van der Waals surface area contributed by atoms with Gasteiger partial charge in [0.15, 0.2) is 12.6 Å². The van der Waals surface area contributed by atoms with E-state index in [0.29, 0.717) is 23.5 Å². The number of methoxy groups -OCH3 is 2. The van der Waals surface area contributed by atoms with Crippen molar-refractivity contribution in [3.8, 4) is 17.6 Å². The summed E-state index contributed by atoms with van der Waals surface area (Å²) in [6.07, 6.45) is 2.24. The number of hydrogen-bond acceptors (Lipinski definition) is 4. The summed E-state index contributed by atoms with van der Waals surface area (Å²) in [5.74, 6) is 7.52. The fourth-order valence-corrected chi connectivity index (χ4v) is 3.01. The van der Waals surface area contributed by atoms with E-state index in [2.05, 4.69) is 18.8 Å². The summed E-state index contributed by atoms with van der Waals surface area (Å²) in [4.78, 5) is 12.6. The van der Waals surface area contributed by atoms with E-state index in [9.17, 15) is 4.79 Å². The number of carbonyl (C=O) groups excluding carboxylic acids is 1. The molecule has 1 aromatic rings. The molecule has 2 rings (SSSR count). The number of allylic oxidation sites excluding steroid dienone is 2. The third-order valence-electron chi connectivity index (χ3n) is 4.18. The van der Waals surface area contributed by atoms with Gasteiger partial charge in [-0.2, -0.15) is 0 Å². The monoisotopic (exact) mass is 328 g/mol. The standard InChI is InChI=1S/C20H24O4/c1-5-7-14-8-10-16(18(12-14)23-4)19-17(21)11-9-15(6-2)20(19)24-13-22-3/h8,10,12,15H,6,9,11,13H2,1-4H3. The molecule has 4 nitrogen and oxygen atoms in total. The largest absolute Gasteiger partial charge is 0.496 e. The molecule has 128 valence electrons. The van der Waals surface area contributed by atoms with Crippen LogP contribution in [0.1, 0.15) is 44.2 Å². The molecule has 0 radical (unpaired) electrons. The van der Waals surface area contributed by atoms with Crippen LogP contribution in [0.3, 0.4) is 0 Å². The zero-order valence-corrected chi connectivity index (χ0v) is 14.8. The lowest BCUT2D eigenvalue weighted by molar-refractivity contribution is -0.115. The molecule has 0 spiro atoms. The van der Waals surface area contributed by atoms with Crippen molar-refractivity contribution >= 4 is 11.4 Å². The van der Waals surface area contributed by atoms with Gasteiger partial charge >= 0.3 is 0 Å². The first-order chi connectivity index (χ1) is 11.7. The molecule has 0 amide bonds. The van der Waals surface area contributed by atoms with E-state index in [1.165, 1.54) is 0 Å². The van der Waals surface area contributed by atoms with Crippen molar-refractivity contribution in [3.63, 3.8) is 0 Å². The smallest absolute Gasteiger partial charge is 0.188 e. The molecule has 0 saturated heterocycles. The average Bonchev–Trinajstić information content (AvgIpc) is 2.60. The molecule has 0 saturated carbocycles. The van der Waals surface area contributed by atoms with Crippen LogP contribution in [-0.4, -0.2) is 26.8 Å². The van der Waals surface area contributed by atoms with Crippen LogP contribution in [0.15, 0.2) is 24.0 Å². The molecule has 0 fully saturated rings. The Morgan fingerprint density at radius 1 is 1.29 bits per heavy atom. The van der Waals surface area contributed by atoms with E-state index in [0.717, 1.165) is 24.0 Å². The number of hydrogen-bond donors (Lipinski definition) is 0. The second-order valence-corrected chi connectivity index (χ2v) is 5.65. The van der Waals surface area contributed by atoms with Crippen LogP contribution in [0.2, 0.25) is 0 Å². The van der Waals surface area contributed by atoms with E-state index >= 15 is 0 Å². The molecular formula is C20H24O4. The minimum Gasteiger partial charge on any atom is -0.496 e. The van der Waals surface area contributed by atoms with E-state index < -0.39 is 0 Å². The quantitative estimate of drug-likeness (QED) is 0.589. The maximum Gasteiger partial charge on any atom is 0.188 e. The zero-order valence-electron chi connectivity index (χ0n) is 14.8. The Bertz CT molecular complexity index is 691. The van der Waals surface area contributed by atoms with Crippen molar-refractivity contribution < 1.29 is 19.0 Å². The zero-order chi connectivity index (χ0) is 17.5. The highest BCUT2D eigenvalue weighted by Crippen LogP contribution is 2.39.